The van der Waals surface area contributed by atoms with Crippen molar-refractivity contribution in [2.75, 3.05) is 26.2 Å². The molecule has 1 fully saturated rings. The number of ether oxygens (including phenoxy) is 3. The maximum absolute atomic E-state index is 13.7. The van der Waals surface area contributed by atoms with Crippen LogP contribution in [0.2, 0.25) is 10.0 Å². The number of nitro benzene ring substituents is 1. The molecule has 2 atom stereocenters. The molecular weight excluding hydrogens is 553 g/mol. The smallest absolute Gasteiger partial charge is 0.282 e. The van der Waals surface area contributed by atoms with Crippen molar-refractivity contribution in [3.05, 3.63) is 85.4 Å². The summed E-state index contributed by atoms with van der Waals surface area (Å²) in [5.41, 5.74) is -0.308. The number of methoxy groups -OCH3 is 3. The van der Waals surface area contributed by atoms with E-state index in [-0.39, 0.29) is 32.7 Å². The number of anilines is 1. The summed E-state index contributed by atoms with van der Waals surface area (Å²) >= 11 is 12.4. The van der Waals surface area contributed by atoms with E-state index in [9.17, 15) is 24.5 Å². The van der Waals surface area contributed by atoms with Gasteiger partial charge in [-0.3, -0.25) is 29.4 Å². The van der Waals surface area contributed by atoms with Crippen LogP contribution >= 0.6 is 23.2 Å². The highest BCUT2D eigenvalue weighted by Gasteiger charge is 2.58. The first kappa shape index (κ1) is 26.3. The Kier molecular flexibility index (Phi) is 6.57. The minimum Gasteiger partial charge on any atom is -0.493 e. The van der Waals surface area contributed by atoms with Crippen molar-refractivity contribution in [3.63, 3.8) is 0 Å². The van der Waals surface area contributed by atoms with Crippen LogP contribution in [0.3, 0.4) is 0 Å². The molecule has 0 spiro atoms. The molecular formula is C26H19Cl2N3O8. The lowest BCUT2D eigenvalue weighted by Gasteiger charge is -2.49. The van der Waals surface area contributed by atoms with Crippen LogP contribution in [-0.4, -0.2) is 54.9 Å². The maximum atomic E-state index is 13.7. The van der Waals surface area contributed by atoms with E-state index in [1.54, 1.807) is 12.1 Å². The van der Waals surface area contributed by atoms with Crippen LogP contribution in [0.15, 0.2) is 48.5 Å². The van der Waals surface area contributed by atoms with E-state index in [2.05, 4.69) is 0 Å². The summed E-state index contributed by atoms with van der Waals surface area (Å²) in [6, 6.07) is 9.15. The van der Waals surface area contributed by atoms with Crippen LogP contribution in [-0.2, 0) is 4.79 Å². The number of nitrogens with zero attached hydrogens (tertiary/aromatic N) is 3. The Hall–Kier alpha value is -4.35. The molecule has 5 rings (SSSR count). The van der Waals surface area contributed by atoms with Crippen LogP contribution in [0, 0.1) is 10.1 Å². The van der Waals surface area contributed by atoms with Gasteiger partial charge in [-0.2, -0.15) is 0 Å². The fourth-order valence-corrected chi connectivity index (χ4v) is 5.50. The van der Waals surface area contributed by atoms with Gasteiger partial charge in [0.2, 0.25) is 5.75 Å². The van der Waals surface area contributed by atoms with Crippen LogP contribution < -0.4 is 19.1 Å². The van der Waals surface area contributed by atoms with E-state index in [0.29, 0.717) is 17.0 Å². The molecule has 0 aromatic heterocycles. The van der Waals surface area contributed by atoms with Crippen molar-refractivity contribution in [1.29, 1.82) is 0 Å². The third kappa shape index (κ3) is 4.01. The van der Waals surface area contributed by atoms with Crippen LogP contribution in [0.5, 0.6) is 17.2 Å². The van der Waals surface area contributed by atoms with Gasteiger partial charge in [0.05, 0.1) is 37.9 Å². The molecule has 2 aliphatic rings. The molecule has 200 valence electrons. The zero-order valence-electron chi connectivity index (χ0n) is 20.6. The van der Waals surface area contributed by atoms with Gasteiger partial charge in [0, 0.05) is 21.8 Å². The summed E-state index contributed by atoms with van der Waals surface area (Å²) in [4.78, 5) is 53.6. The van der Waals surface area contributed by atoms with Crippen molar-refractivity contribution in [2.24, 2.45) is 0 Å². The standard InChI is InChI=1S/C26H19Cl2N3O8/c1-37-18-7-12(8-19(38-2)23(18)39-3)21-22(26(34)29(21)15-10-13(27)9-14(28)11-15)30-24(32)16-5-4-6-17(31(35)36)20(16)25(30)33/h4-11,21-22H,1-3H3/t21-,22-/m1/s1. The molecule has 11 nitrogen and oxygen atoms in total. The third-order valence-electron chi connectivity index (χ3n) is 6.62. The highest BCUT2D eigenvalue weighted by Crippen LogP contribution is 2.49. The molecule has 0 N–H and O–H groups in total. The fraction of sp³-hybridized carbons (Fsp3) is 0.192. The summed E-state index contributed by atoms with van der Waals surface area (Å²) in [6.07, 6.45) is 0. The Bertz CT molecular complexity index is 1530. The van der Waals surface area contributed by atoms with Gasteiger partial charge >= 0.3 is 0 Å². The number of carbonyl (C=O) groups excluding carboxylic acids is 3. The van der Waals surface area contributed by atoms with Crippen molar-refractivity contribution < 1.29 is 33.5 Å². The number of halogens is 2. The normalized spacial score (nSPS) is 18.1. The van der Waals surface area contributed by atoms with Crippen LogP contribution in [0.25, 0.3) is 0 Å². The molecule has 0 aliphatic carbocycles. The number of imide groups is 1. The molecule has 1 saturated heterocycles. The minimum absolute atomic E-state index is 0.158. The average molecular weight is 572 g/mol. The summed E-state index contributed by atoms with van der Waals surface area (Å²) in [7, 11) is 4.27. The summed E-state index contributed by atoms with van der Waals surface area (Å²) < 4.78 is 16.3. The molecule has 3 aromatic carbocycles. The van der Waals surface area contributed by atoms with Gasteiger partial charge in [-0.15, -0.1) is 0 Å². The highest BCUT2D eigenvalue weighted by atomic mass is 35.5. The minimum atomic E-state index is -1.35. The second-order valence-corrected chi connectivity index (χ2v) is 9.49. The number of nitro groups is 1. The number of β-lactam (4-membered cyclic amide) rings is 1. The lowest BCUT2D eigenvalue weighted by molar-refractivity contribution is -0.385. The molecule has 3 amide bonds. The second-order valence-electron chi connectivity index (χ2n) is 8.62. The van der Waals surface area contributed by atoms with E-state index in [1.165, 1.54) is 56.6 Å². The quantitative estimate of drug-likeness (QED) is 0.173. The number of hydrogen-bond donors (Lipinski definition) is 0. The second kappa shape index (κ2) is 9.75. The van der Waals surface area contributed by atoms with Crippen LogP contribution in [0.1, 0.15) is 32.3 Å². The van der Waals surface area contributed by atoms with Gasteiger partial charge in [-0.25, -0.2) is 0 Å². The maximum Gasteiger partial charge on any atom is 0.282 e. The predicted molar refractivity (Wildman–Crippen MR) is 140 cm³/mol. The Morgan fingerprint density at radius 2 is 1.44 bits per heavy atom. The molecule has 0 saturated carbocycles. The first-order valence-corrected chi connectivity index (χ1v) is 12.1. The van der Waals surface area contributed by atoms with Crippen LogP contribution in [0.4, 0.5) is 11.4 Å². The Morgan fingerprint density at radius 1 is 0.821 bits per heavy atom. The number of benzene rings is 3. The highest BCUT2D eigenvalue weighted by molar-refractivity contribution is 6.35. The molecule has 0 radical (unpaired) electrons. The number of carbonyl (C=O) groups is 3. The van der Waals surface area contributed by atoms with E-state index in [4.69, 9.17) is 37.4 Å². The van der Waals surface area contributed by atoms with Crippen molar-refractivity contribution in [2.45, 2.75) is 12.1 Å². The van der Waals surface area contributed by atoms with E-state index >= 15 is 0 Å². The summed E-state index contributed by atoms with van der Waals surface area (Å²) in [6.45, 7) is 0. The summed E-state index contributed by atoms with van der Waals surface area (Å²) in [5, 5.41) is 12.1. The Labute approximate surface area is 231 Å². The number of fused-ring (bicyclic) bond motifs is 1. The van der Waals surface area contributed by atoms with Gasteiger partial charge in [0.15, 0.2) is 11.5 Å². The Morgan fingerprint density at radius 3 is 1.97 bits per heavy atom. The predicted octanol–water partition coefficient (Wildman–Crippen LogP) is 4.68. The molecule has 0 unspecified atom stereocenters. The Balaban J connectivity index is 1.68. The fourth-order valence-electron chi connectivity index (χ4n) is 4.99. The van der Waals surface area contributed by atoms with Gasteiger partial charge in [-0.1, -0.05) is 29.3 Å². The van der Waals surface area contributed by atoms with Gasteiger partial charge in [0.1, 0.15) is 11.6 Å². The first-order valence-electron chi connectivity index (χ1n) is 11.4. The largest absolute Gasteiger partial charge is 0.493 e. The number of rotatable bonds is 7. The first-order chi connectivity index (χ1) is 18.6. The lowest BCUT2D eigenvalue weighted by atomic mass is 9.86. The topological polar surface area (TPSA) is 129 Å². The average Bonchev–Trinajstić information content (AvgIpc) is 3.15. The lowest BCUT2D eigenvalue weighted by Crippen LogP contribution is -2.67. The zero-order valence-corrected chi connectivity index (χ0v) is 22.1. The molecule has 0 bridgehead atoms. The number of amides is 3. The van der Waals surface area contributed by atoms with Gasteiger partial charge in [0.25, 0.3) is 23.4 Å². The number of hydrogen-bond acceptors (Lipinski definition) is 8. The summed E-state index contributed by atoms with van der Waals surface area (Å²) in [5.74, 6) is -1.55. The van der Waals surface area contributed by atoms with Crippen molar-refractivity contribution in [1.82, 2.24) is 4.90 Å². The third-order valence-corrected chi connectivity index (χ3v) is 7.06. The monoisotopic (exact) mass is 571 g/mol. The molecule has 3 aromatic rings. The van der Waals surface area contributed by atoms with Gasteiger partial charge in [-0.05, 0) is 42.0 Å². The van der Waals surface area contributed by atoms with Crippen molar-refractivity contribution >= 4 is 52.3 Å². The SMILES string of the molecule is COc1cc([C@@H]2[C@@H](N3C(=O)c4cccc([N+](=O)[O-])c4C3=O)C(=O)N2c2cc(Cl)cc(Cl)c2)cc(OC)c1OC. The van der Waals surface area contributed by atoms with E-state index in [1.807, 2.05) is 0 Å². The van der Waals surface area contributed by atoms with E-state index in [0.717, 1.165) is 11.0 Å². The molecule has 2 aliphatic heterocycles. The van der Waals surface area contributed by atoms with E-state index < -0.39 is 40.4 Å². The molecule has 39 heavy (non-hydrogen) atoms. The van der Waals surface area contributed by atoms with Gasteiger partial charge < -0.3 is 19.1 Å². The molecule has 2 heterocycles. The zero-order chi connectivity index (χ0) is 28.2. The molecule has 13 heteroatoms. The van der Waals surface area contributed by atoms with Crippen molar-refractivity contribution in [3.8, 4) is 17.2 Å².